The third kappa shape index (κ3) is 4.94. The largest absolute Gasteiger partial charge is 0.485 e. The van der Waals surface area contributed by atoms with Crippen molar-refractivity contribution >= 4 is 21.8 Å². The maximum Gasteiger partial charge on any atom is 0.289 e. The highest BCUT2D eigenvalue weighted by atomic mass is 79.9. The SMILES string of the molecule is Cc1ccccc1OCc1ccc(C(=O)N2CCN(Cc3ccccc3Br)CC2)o1. The summed E-state index contributed by atoms with van der Waals surface area (Å²) in [6.07, 6.45) is 0. The molecule has 0 bridgehead atoms. The second-order valence-electron chi connectivity index (χ2n) is 7.48. The van der Waals surface area contributed by atoms with Crippen molar-refractivity contribution < 1.29 is 13.9 Å². The molecule has 0 atom stereocenters. The molecular weight excluding hydrogens is 444 g/mol. The van der Waals surface area contributed by atoms with Gasteiger partial charge in [-0.15, -0.1) is 0 Å². The van der Waals surface area contributed by atoms with E-state index < -0.39 is 0 Å². The number of amides is 1. The Hall–Kier alpha value is -2.57. The van der Waals surface area contributed by atoms with Crippen molar-refractivity contribution in [1.29, 1.82) is 0 Å². The van der Waals surface area contributed by atoms with Crippen molar-refractivity contribution in [1.82, 2.24) is 9.80 Å². The molecule has 5 nitrogen and oxygen atoms in total. The summed E-state index contributed by atoms with van der Waals surface area (Å²) in [4.78, 5) is 17.1. The molecule has 156 valence electrons. The van der Waals surface area contributed by atoms with Crippen LogP contribution in [0.3, 0.4) is 0 Å². The summed E-state index contributed by atoms with van der Waals surface area (Å²) >= 11 is 3.61. The first-order valence-electron chi connectivity index (χ1n) is 10.1. The van der Waals surface area contributed by atoms with Gasteiger partial charge in [0.15, 0.2) is 5.76 Å². The number of benzene rings is 2. The first-order chi connectivity index (χ1) is 14.6. The Morgan fingerprint density at radius 3 is 2.50 bits per heavy atom. The number of carbonyl (C=O) groups excluding carboxylic acids is 1. The molecule has 0 N–H and O–H groups in total. The molecule has 1 aliphatic heterocycles. The number of ether oxygens (including phenoxy) is 1. The van der Waals surface area contributed by atoms with Crippen LogP contribution in [-0.4, -0.2) is 41.9 Å². The lowest BCUT2D eigenvalue weighted by Crippen LogP contribution is -2.48. The third-order valence-corrected chi connectivity index (χ3v) is 6.12. The van der Waals surface area contributed by atoms with Crippen LogP contribution in [-0.2, 0) is 13.2 Å². The number of nitrogens with zero attached hydrogens (tertiary/aromatic N) is 2. The number of halogens is 1. The van der Waals surface area contributed by atoms with E-state index in [-0.39, 0.29) is 5.91 Å². The average molecular weight is 469 g/mol. The van der Waals surface area contributed by atoms with E-state index in [0.29, 0.717) is 31.2 Å². The van der Waals surface area contributed by atoms with Gasteiger partial charge in [0, 0.05) is 37.2 Å². The molecule has 0 saturated carbocycles. The molecule has 3 aromatic rings. The Kier molecular flexibility index (Phi) is 6.55. The van der Waals surface area contributed by atoms with Crippen molar-refractivity contribution in [2.24, 2.45) is 0 Å². The molecule has 1 saturated heterocycles. The van der Waals surface area contributed by atoms with Gasteiger partial charge in [0.2, 0.25) is 0 Å². The molecule has 1 amide bonds. The number of hydrogen-bond donors (Lipinski definition) is 0. The first kappa shape index (κ1) is 20.7. The second-order valence-corrected chi connectivity index (χ2v) is 8.33. The average Bonchev–Trinajstić information content (AvgIpc) is 3.24. The van der Waals surface area contributed by atoms with E-state index in [9.17, 15) is 4.79 Å². The van der Waals surface area contributed by atoms with Crippen LogP contribution in [0.4, 0.5) is 0 Å². The summed E-state index contributed by atoms with van der Waals surface area (Å²) < 4.78 is 12.7. The minimum Gasteiger partial charge on any atom is -0.485 e. The molecular formula is C24H25BrN2O3. The summed E-state index contributed by atoms with van der Waals surface area (Å²) in [6.45, 7) is 6.26. The standard InChI is InChI=1S/C24H25BrN2O3/c1-18-6-2-5-9-22(18)29-17-20-10-11-23(30-20)24(28)27-14-12-26(13-15-27)16-19-7-3-4-8-21(19)25/h2-11H,12-17H2,1H3. The Labute approximate surface area is 185 Å². The van der Waals surface area contributed by atoms with Gasteiger partial charge in [-0.2, -0.15) is 0 Å². The highest BCUT2D eigenvalue weighted by Crippen LogP contribution is 2.21. The van der Waals surface area contributed by atoms with E-state index in [0.717, 1.165) is 35.4 Å². The molecule has 0 aliphatic carbocycles. The molecule has 1 aromatic heterocycles. The number of hydrogen-bond acceptors (Lipinski definition) is 4. The summed E-state index contributed by atoms with van der Waals surface area (Å²) in [6, 6.07) is 19.7. The predicted molar refractivity (Wildman–Crippen MR) is 120 cm³/mol. The normalized spacial score (nSPS) is 14.7. The summed E-state index contributed by atoms with van der Waals surface area (Å²) in [5, 5.41) is 0. The number of furan rings is 1. The van der Waals surface area contributed by atoms with Crippen molar-refractivity contribution in [2.75, 3.05) is 26.2 Å². The quantitative estimate of drug-likeness (QED) is 0.516. The zero-order valence-electron chi connectivity index (χ0n) is 17.0. The third-order valence-electron chi connectivity index (χ3n) is 5.35. The van der Waals surface area contributed by atoms with Crippen molar-refractivity contribution in [3.63, 3.8) is 0 Å². The fourth-order valence-electron chi connectivity index (χ4n) is 3.57. The van der Waals surface area contributed by atoms with Crippen LogP contribution in [0, 0.1) is 6.92 Å². The van der Waals surface area contributed by atoms with Gasteiger partial charge in [0.25, 0.3) is 5.91 Å². The van der Waals surface area contributed by atoms with Crippen LogP contribution in [0.15, 0.2) is 69.6 Å². The number of rotatable bonds is 6. The molecule has 2 aromatic carbocycles. The summed E-state index contributed by atoms with van der Waals surface area (Å²) in [7, 11) is 0. The topological polar surface area (TPSA) is 45.9 Å². The molecule has 0 unspecified atom stereocenters. The van der Waals surface area contributed by atoms with Crippen molar-refractivity contribution in [3.05, 3.63) is 87.8 Å². The first-order valence-corrected chi connectivity index (χ1v) is 10.9. The molecule has 4 rings (SSSR count). The molecule has 1 aliphatic rings. The minimum atomic E-state index is -0.0577. The Balaban J connectivity index is 1.29. The molecule has 0 spiro atoms. The van der Waals surface area contributed by atoms with Gasteiger partial charge in [-0.25, -0.2) is 0 Å². The molecule has 2 heterocycles. The number of aryl methyl sites for hydroxylation is 1. The monoisotopic (exact) mass is 468 g/mol. The van der Waals surface area contributed by atoms with Crippen LogP contribution < -0.4 is 4.74 Å². The predicted octanol–water partition coefficient (Wildman–Crippen LogP) is 4.89. The minimum absolute atomic E-state index is 0.0577. The van der Waals surface area contributed by atoms with Crippen LogP contribution in [0.2, 0.25) is 0 Å². The van der Waals surface area contributed by atoms with Crippen LogP contribution in [0.5, 0.6) is 5.75 Å². The van der Waals surface area contributed by atoms with E-state index in [1.807, 2.05) is 48.2 Å². The summed E-state index contributed by atoms with van der Waals surface area (Å²) in [5.41, 5.74) is 2.34. The fraction of sp³-hybridized carbons (Fsp3) is 0.292. The molecule has 30 heavy (non-hydrogen) atoms. The molecule has 1 fully saturated rings. The van der Waals surface area contributed by atoms with Crippen LogP contribution in [0.25, 0.3) is 0 Å². The van der Waals surface area contributed by atoms with Crippen molar-refractivity contribution in [2.45, 2.75) is 20.1 Å². The van der Waals surface area contributed by atoms with Crippen LogP contribution in [0.1, 0.15) is 27.4 Å². The van der Waals surface area contributed by atoms with Gasteiger partial charge in [0.1, 0.15) is 18.1 Å². The van der Waals surface area contributed by atoms with Gasteiger partial charge in [-0.3, -0.25) is 9.69 Å². The lowest BCUT2D eigenvalue weighted by molar-refractivity contribution is 0.0594. The lowest BCUT2D eigenvalue weighted by Gasteiger charge is -2.34. The highest BCUT2D eigenvalue weighted by Gasteiger charge is 2.24. The second kappa shape index (κ2) is 9.49. The number of carbonyl (C=O) groups is 1. The Morgan fingerprint density at radius 2 is 1.73 bits per heavy atom. The number of piperazine rings is 1. The smallest absolute Gasteiger partial charge is 0.289 e. The van der Waals surface area contributed by atoms with Gasteiger partial charge >= 0.3 is 0 Å². The van der Waals surface area contributed by atoms with E-state index in [1.54, 1.807) is 6.07 Å². The maximum absolute atomic E-state index is 12.8. The lowest BCUT2D eigenvalue weighted by atomic mass is 10.2. The van der Waals surface area contributed by atoms with E-state index in [4.69, 9.17) is 9.15 Å². The van der Waals surface area contributed by atoms with E-state index in [2.05, 4.69) is 39.0 Å². The number of para-hydroxylation sites is 1. The van der Waals surface area contributed by atoms with Gasteiger partial charge in [-0.1, -0.05) is 52.3 Å². The van der Waals surface area contributed by atoms with E-state index in [1.165, 1.54) is 5.56 Å². The van der Waals surface area contributed by atoms with Gasteiger partial charge in [0.05, 0.1) is 0 Å². The molecule has 6 heteroatoms. The maximum atomic E-state index is 12.8. The fourth-order valence-corrected chi connectivity index (χ4v) is 3.98. The molecule has 0 radical (unpaired) electrons. The van der Waals surface area contributed by atoms with E-state index >= 15 is 0 Å². The zero-order chi connectivity index (χ0) is 20.9. The van der Waals surface area contributed by atoms with Crippen LogP contribution >= 0.6 is 15.9 Å². The summed E-state index contributed by atoms with van der Waals surface area (Å²) in [5.74, 6) is 1.78. The highest BCUT2D eigenvalue weighted by molar-refractivity contribution is 9.10. The van der Waals surface area contributed by atoms with Crippen molar-refractivity contribution in [3.8, 4) is 5.75 Å². The zero-order valence-corrected chi connectivity index (χ0v) is 18.6. The van der Waals surface area contributed by atoms with Gasteiger partial charge in [-0.05, 0) is 42.3 Å². The Bertz CT molecular complexity index is 1010. The Morgan fingerprint density at radius 1 is 1.00 bits per heavy atom. The van der Waals surface area contributed by atoms with Gasteiger partial charge < -0.3 is 14.1 Å².